The summed E-state index contributed by atoms with van der Waals surface area (Å²) in [5.41, 5.74) is 1.33. The number of hydrogen-bond donors (Lipinski definition) is 2. The van der Waals surface area contributed by atoms with Gasteiger partial charge in [-0.2, -0.15) is 0 Å². The zero-order valence-corrected chi connectivity index (χ0v) is 11.4. The molecule has 1 aromatic carbocycles. The molecule has 0 spiro atoms. The molecule has 0 bridgehead atoms. The highest BCUT2D eigenvalue weighted by atomic mass is 16.7. The largest absolute Gasteiger partial charge is 0.454 e. The Hall–Kier alpha value is -1.26. The van der Waals surface area contributed by atoms with Gasteiger partial charge in [-0.25, -0.2) is 0 Å². The van der Waals surface area contributed by atoms with Crippen LogP contribution in [0.3, 0.4) is 0 Å². The van der Waals surface area contributed by atoms with Crippen molar-refractivity contribution >= 4 is 0 Å². The summed E-state index contributed by atoms with van der Waals surface area (Å²) in [5, 5.41) is 6.85. The second-order valence-electron chi connectivity index (χ2n) is 5.50. The quantitative estimate of drug-likeness (QED) is 0.783. The summed E-state index contributed by atoms with van der Waals surface area (Å²) >= 11 is 0. The maximum atomic E-state index is 5.46. The number of nitrogens with one attached hydrogen (secondary N) is 2. The van der Waals surface area contributed by atoms with Crippen LogP contribution in [-0.2, 0) is 6.54 Å². The molecule has 0 saturated carbocycles. The molecule has 0 fully saturated rings. The van der Waals surface area contributed by atoms with E-state index in [0.29, 0.717) is 6.79 Å². The fourth-order valence-electron chi connectivity index (χ4n) is 1.88. The predicted molar refractivity (Wildman–Crippen MR) is 72.0 cm³/mol. The minimum atomic E-state index is 0.173. The van der Waals surface area contributed by atoms with Crippen LogP contribution in [0.25, 0.3) is 0 Å². The molecule has 4 heteroatoms. The van der Waals surface area contributed by atoms with E-state index in [-0.39, 0.29) is 5.54 Å². The first-order valence-corrected chi connectivity index (χ1v) is 6.39. The third-order valence-corrected chi connectivity index (χ3v) is 2.75. The molecular formula is C14H22N2O2. The van der Waals surface area contributed by atoms with Crippen LogP contribution in [0.1, 0.15) is 26.3 Å². The summed E-state index contributed by atoms with van der Waals surface area (Å²) in [6, 6.07) is 6.00. The Balaban J connectivity index is 1.76. The first kappa shape index (κ1) is 13.2. The monoisotopic (exact) mass is 250 g/mol. The average molecular weight is 250 g/mol. The van der Waals surface area contributed by atoms with Crippen LogP contribution in [-0.4, -0.2) is 25.4 Å². The van der Waals surface area contributed by atoms with Crippen LogP contribution in [0.4, 0.5) is 0 Å². The number of para-hydroxylation sites is 1. The summed E-state index contributed by atoms with van der Waals surface area (Å²) in [7, 11) is 0. The van der Waals surface area contributed by atoms with Gasteiger partial charge in [0.25, 0.3) is 0 Å². The normalized spacial score (nSPS) is 13.9. The van der Waals surface area contributed by atoms with Crippen molar-refractivity contribution in [3.05, 3.63) is 23.8 Å². The Morgan fingerprint density at radius 2 is 2.00 bits per heavy atom. The van der Waals surface area contributed by atoms with Crippen LogP contribution in [0.5, 0.6) is 11.5 Å². The van der Waals surface area contributed by atoms with Crippen molar-refractivity contribution in [3.63, 3.8) is 0 Å². The molecule has 0 atom stereocenters. The molecule has 1 aromatic rings. The summed E-state index contributed by atoms with van der Waals surface area (Å²) < 4.78 is 10.8. The number of benzene rings is 1. The van der Waals surface area contributed by atoms with E-state index in [9.17, 15) is 0 Å². The molecule has 0 amide bonds. The minimum absolute atomic E-state index is 0.173. The molecule has 1 aliphatic rings. The SMILES string of the molecule is CC(C)(C)NCCNCc1cccc2c1OCO2. The van der Waals surface area contributed by atoms with Crippen LogP contribution < -0.4 is 20.1 Å². The Morgan fingerprint density at radius 1 is 1.17 bits per heavy atom. The highest BCUT2D eigenvalue weighted by Gasteiger charge is 2.16. The van der Waals surface area contributed by atoms with Gasteiger partial charge >= 0.3 is 0 Å². The number of rotatable bonds is 5. The average Bonchev–Trinajstić information content (AvgIpc) is 2.75. The van der Waals surface area contributed by atoms with Gasteiger partial charge in [0.15, 0.2) is 11.5 Å². The molecule has 2 N–H and O–H groups in total. The molecule has 1 aliphatic heterocycles. The Bertz CT molecular complexity index is 399. The standard InChI is InChI=1S/C14H22N2O2/c1-14(2,3)16-8-7-15-9-11-5-4-6-12-13(11)18-10-17-12/h4-6,15-16H,7-10H2,1-3H3. The van der Waals surface area contributed by atoms with Gasteiger partial charge in [0, 0.05) is 30.7 Å². The Labute approximate surface area is 109 Å². The van der Waals surface area contributed by atoms with Gasteiger partial charge in [-0.05, 0) is 26.8 Å². The third-order valence-electron chi connectivity index (χ3n) is 2.75. The molecule has 0 aliphatic carbocycles. The summed E-state index contributed by atoms with van der Waals surface area (Å²) in [5.74, 6) is 1.73. The maximum absolute atomic E-state index is 5.46. The zero-order chi connectivity index (χ0) is 13.0. The van der Waals surface area contributed by atoms with E-state index in [1.807, 2.05) is 12.1 Å². The van der Waals surface area contributed by atoms with Crippen LogP contribution >= 0.6 is 0 Å². The molecule has 4 nitrogen and oxygen atoms in total. The molecule has 2 rings (SSSR count). The molecule has 0 radical (unpaired) electrons. The smallest absolute Gasteiger partial charge is 0.231 e. The number of fused-ring (bicyclic) bond motifs is 1. The van der Waals surface area contributed by atoms with Gasteiger partial charge in [0.2, 0.25) is 6.79 Å². The van der Waals surface area contributed by atoms with E-state index in [2.05, 4.69) is 37.5 Å². The fourth-order valence-corrected chi connectivity index (χ4v) is 1.88. The highest BCUT2D eigenvalue weighted by molar-refractivity contribution is 5.48. The van der Waals surface area contributed by atoms with Crippen molar-refractivity contribution in [2.24, 2.45) is 0 Å². The van der Waals surface area contributed by atoms with Crippen molar-refractivity contribution in [2.75, 3.05) is 19.9 Å². The second-order valence-corrected chi connectivity index (χ2v) is 5.50. The zero-order valence-electron chi connectivity index (χ0n) is 11.4. The van der Waals surface area contributed by atoms with Gasteiger partial charge in [-0.1, -0.05) is 12.1 Å². The van der Waals surface area contributed by atoms with Gasteiger partial charge in [0.1, 0.15) is 0 Å². The van der Waals surface area contributed by atoms with Crippen LogP contribution in [0.2, 0.25) is 0 Å². The van der Waals surface area contributed by atoms with Crippen molar-refractivity contribution in [1.29, 1.82) is 0 Å². The lowest BCUT2D eigenvalue weighted by Gasteiger charge is -2.20. The molecule has 18 heavy (non-hydrogen) atoms. The Morgan fingerprint density at radius 3 is 2.78 bits per heavy atom. The topological polar surface area (TPSA) is 42.5 Å². The van der Waals surface area contributed by atoms with E-state index < -0.39 is 0 Å². The summed E-state index contributed by atoms with van der Waals surface area (Å²) in [6.07, 6.45) is 0. The maximum Gasteiger partial charge on any atom is 0.231 e. The van der Waals surface area contributed by atoms with Crippen molar-refractivity contribution in [3.8, 4) is 11.5 Å². The lowest BCUT2D eigenvalue weighted by molar-refractivity contribution is 0.173. The van der Waals surface area contributed by atoms with Gasteiger partial charge in [-0.3, -0.25) is 0 Å². The minimum Gasteiger partial charge on any atom is -0.454 e. The van der Waals surface area contributed by atoms with Gasteiger partial charge in [0.05, 0.1) is 0 Å². The van der Waals surface area contributed by atoms with E-state index >= 15 is 0 Å². The lowest BCUT2D eigenvalue weighted by Crippen LogP contribution is -2.40. The highest BCUT2D eigenvalue weighted by Crippen LogP contribution is 2.35. The van der Waals surface area contributed by atoms with Gasteiger partial charge < -0.3 is 20.1 Å². The molecule has 0 unspecified atom stereocenters. The van der Waals surface area contributed by atoms with Crippen molar-refractivity contribution < 1.29 is 9.47 Å². The second kappa shape index (κ2) is 5.59. The third kappa shape index (κ3) is 3.62. The van der Waals surface area contributed by atoms with Crippen LogP contribution in [0.15, 0.2) is 18.2 Å². The van der Waals surface area contributed by atoms with Crippen LogP contribution in [0, 0.1) is 0 Å². The van der Waals surface area contributed by atoms with E-state index in [4.69, 9.17) is 9.47 Å². The van der Waals surface area contributed by atoms with E-state index in [1.165, 1.54) is 0 Å². The first-order chi connectivity index (χ1) is 8.56. The number of ether oxygens (including phenoxy) is 2. The predicted octanol–water partition coefficient (Wildman–Crippen LogP) is 1.89. The number of hydrogen-bond acceptors (Lipinski definition) is 4. The molecule has 0 saturated heterocycles. The molecule has 1 heterocycles. The summed E-state index contributed by atoms with van der Waals surface area (Å²) in [6.45, 7) is 9.53. The molecule has 0 aromatic heterocycles. The van der Waals surface area contributed by atoms with Gasteiger partial charge in [-0.15, -0.1) is 0 Å². The summed E-state index contributed by atoms with van der Waals surface area (Å²) in [4.78, 5) is 0. The van der Waals surface area contributed by atoms with Crippen molar-refractivity contribution in [1.82, 2.24) is 10.6 Å². The molecule has 100 valence electrons. The lowest BCUT2D eigenvalue weighted by atomic mass is 10.1. The first-order valence-electron chi connectivity index (χ1n) is 6.39. The Kier molecular flexibility index (Phi) is 4.09. The van der Waals surface area contributed by atoms with Crippen molar-refractivity contribution in [2.45, 2.75) is 32.9 Å². The van der Waals surface area contributed by atoms with E-state index in [0.717, 1.165) is 36.7 Å². The molecular weight excluding hydrogens is 228 g/mol. The fraction of sp³-hybridized carbons (Fsp3) is 0.571. The van der Waals surface area contributed by atoms with E-state index in [1.54, 1.807) is 0 Å².